The molecular weight excluding hydrogens is 1070 g/mol. The fourth-order valence-electron chi connectivity index (χ4n) is 11.4. The maximum Gasteiger partial charge on any atom is 0.220 e. The van der Waals surface area contributed by atoms with Gasteiger partial charge in [0.05, 0.1) is 32.0 Å². The van der Waals surface area contributed by atoms with Gasteiger partial charge in [0.1, 0.15) is 48.8 Å². The van der Waals surface area contributed by atoms with Crippen LogP contribution in [-0.2, 0) is 23.7 Å². The molecule has 0 bridgehead atoms. The van der Waals surface area contributed by atoms with Crippen molar-refractivity contribution in [2.45, 2.75) is 364 Å². The first-order chi connectivity index (χ1) is 41.6. The molecule has 0 aromatic heterocycles. The van der Waals surface area contributed by atoms with Gasteiger partial charge in [-0.25, -0.2) is 0 Å². The second kappa shape index (κ2) is 55.7. The van der Waals surface area contributed by atoms with Gasteiger partial charge in [0.25, 0.3) is 0 Å². The highest BCUT2D eigenvalue weighted by Crippen LogP contribution is 2.30. The van der Waals surface area contributed by atoms with E-state index in [1.54, 1.807) is 0 Å². The third kappa shape index (κ3) is 40.1. The minimum absolute atomic E-state index is 0.203. The van der Waals surface area contributed by atoms with Gasteiger partial charge in [-0.05, 0) is 57.8 Å². The van der Waals surface area contributed by atoms with E-state index in [1.807, 2.05) is 0 Å². The summed E-state index contributed by atoms with van der Waals surface area (Å²) in [5, 5.41) is 87.4. The Kier molecular flexibility index (Phi) is 51.7. The Morgan fingerprint density at radius 3 is 1.25 bits per heavy atom. The minimum atomic E-state index is -1.78. The van der Waals surface area contributed by atoms with Crippen LogP contribution >= 0.6 is 0 Å². The van der Waals surface area contributed by atoms with Gasteiger partial charge in [-0.15, -0.1) is 0 Å². The Balaban J connectivity index is 1.57. The zero-order valence-corrected chi connectivity index (χ0v) is 53.8. The lowest BCUT2D eigenvalue weighted by Crippen LogP contribution is -2.65. The molecule has 85 heavy (non-hydrogen) atoms. The number of allylic oxidation sites excluding steroid dienone is 10. The zero-order chi connectivity index (χ0) is 61.6. The van der Waals surface area contributed by atoms with Crippen molar-refractivity contribution in [1.82, 2.24) is 5.32 Å². The predicted molar refractivity (Wildman–Crippen MR) is 346 cm³/mol. The number of rotatable bonds is 57. The van der Waals surface area contributed by atoms with Gasteiger partial charge in [0, 0.05) is 6.42 Å². The molecule has 12 unspecified atom stereocenters. The van der Waals surface area contributed by atoms with E-state index in [9.17, 15) is 45.6 Å². The van der Waals surface area contributed by atoms with Crippen molar-refractivity contribution in [3.8, 4) is 0 Å². The second-order valence-corrected chi connectivity index (χ2v) is 24.6. The quantitative estimate of drug-likeness (QED) is 0.0204. The Labute approximate surface area is 517 Å². The van der Waals surface area contributed by atoms with Crippen LogP contribution in [0, 0.1) is 0 Å². The molecule has 496 valence electrons. The van der Waals surface area contributed by atoms with Crippen molar-refractivity contribution < 1.29 is 64.6 Å². The summed E-state index contributed by atoms with van der Waals surface area (Å²) >= 11 is 0. The first-order valence-electron chi connectivity index (χ1n) is 35.0. The van der Waals surface area contributed by atoms with E-state index in [2.05, 4.69) is 79.9 Å². The highest BCUT2D eigenvalue weighted by molar-refractivity contribution is 5.76. The summed E-state index contributed by atoms with van der Waals surface area (Å²) in [7, 11) is 0. The molecule has 0 saturated carbocycles. The van der Waals surface area contributed by atoms with Crippen LogP contribution in [0.5, 0.6) is 0 Å². The zero-order valence-electron chi connectivity index (χ0n) is 53.8. The first-order valence-corrected chi connectivity index (χ1v) is 35.0. The van der Waals surface area contributed by atoms with Crippen LogP contribution in [-0.4, -0.2) is 140 Å². The maximum atomic E-state index is 13.3. The summed E-state index contributed by atoms with van der Waals surface area (Å²) < 4.78 is 22.9. The molecule has 2 aliphatic rings. The summed E-state index contributed by atoms with van der Waals surface area (Å²) in [6.07, 6.45) is 56.8. The van der Waals surface area contributed by atoms with Crippen LogP contribution in [0.2, 0.25) is 0 Å². The van der Waals surface area contributed by atoms with Crippen LogP contribution in [0.25, 0.3) is 0 Å². The number of hydrogen-bond acceptors (Lipinski definition) is 13. The standard InChI is InChI=1S/C71H129NO13/c1-3-5-7-9-11-13-15-17-19-20-21-22-23-24-25-26-27-28-29-30-31-32-33-34-35-36-37-38-39-40-41-43-45-47-49-51-53-55-63(76)72-59(60(75)54-52-50-48-46-44-42-18-16-14-12-10-8-6-4-2)58-82-70-68(81)66(79)69(62(57-74)84-70)85-71-67(80)65(78)64(77)61(56-73)83-71/h5,7,11,13,17,19,21-22,24-25,59-62,64-71,73-75,77-81H,3-4,6,8-10,12,14-16,18,20,23,26-58H2,1-2H3,(H,72,76)/b7-5-,13-11-,19-17-,22-21-,25-24-. The van der Waals surface area contributed by atoms with Gasteiger partial charge in [0.15, 0.2) is 12.6 Å². The summed E-state index contributed by atoms with van der Waals surface area (Å²) in [4.78, 5) is 13.3. The van der Waals surface area contributed by atoms with Crippen LogP contribution < -0.4 is 5.32 Å². The highest BCUT2D eigenvalue weighted by atomic mass is 16.7. The average Bonchev–Trinajstić information content (AvgIpc) is 3.65. The molecule has 0 spiro atoms. The Morgan fingerprint density at radius 2 is 0.812 bits per heavy atom. The average molecular weight is 1200 g/mol. The predicted octanol–water partition coefficient (Wildman–Crippen LogP) is 14.1. The minimum Gasteiger partial charge on any atom is -0.394 e. The highest BCUT2D eigenvalue weighted by Gasteiger charge is 2.51. The molecule has 0 aromatic carbocycles. The number of carbonyl (C=O) groups is 1. The Hall–Kier alpha value is -2.31. The van der Waals surface area contributed by atoms with Crippen molar-refractivity contribution in [2.75, 3.05) is 19.8 Å². The van der Waals surface area contributed by atoms with E-state index < -0.39 is 86.8 Å². The maximum absolute atomic E-state index is 13.3. The van der Waals surface area contributed by atoms with Gasteiger partial charge in [-0.1, -0.05) is 286 Å². The molecule has 9 N–H and O–H groups in total. The van der Waals surface area contributed by atoms with Crippen LogP contribution in [0.4, 0.5) is 0 Å². The third-order valence-electron chi connectivity index (χ3n) is 17.0. The van der Waals surface area contributed by atoms with Gasteiger partial charge >= 0.3 is 0 Å². The normalized spacial score (nSPS) is 23.9. The lowest BCUT2D eigenvalue weighted by molar-refractivity contribution is -0.359. The number of carbonyl (C=O) groups excluding carboxylic acids is 1. The molecule has 2 rings (SSSR count). The van der Waals surface area contributed by atoms with Crippen molar-refractivity contribution in [2.24, 2.45) is 0 Å². The number of amides is 1. The summed E-state index contributed by atoms with van der Waals surface area (Å²) in [6, 6.07) is -0.828. The lowest BCUT2D eigenvalue weighted by Gasteiger charge is -2.46. The molecule has 14 nitrogen and oxygen atoms in total. The number of aliphatic hydroxyl groups excluding tert-OH is 8. The van der Waals surface area contributed by atoms with Crippen molar-refractivity contribution in [1.29, 1.82) is 0 Å². The Morgan fingerprint density at radius 1 is 0.435 bits per heavy atom. The molecule has 0 radical (unpaired) electrons. The largest absolute Gasteiger partial charge is 0.394 e. The van der Waals surface area contributed by atoms with Crippen LogP contribution in [0.1, 0.15) is 290 Å². The molecule has 12 atom stereocenters. The number of nitrogens with one attached hydrogen (secondary N) is 1. The van der Waals surface area contributed by atoms with E-state index in [4.69, 9.17) is 18.9 Å². The molecule has 2 fully saturated rings. The fraction of sp³-hybridized carbons (Fsp3) is 0.845. The van der Waals surface area contributed by atoms with Gasteiger partial charge < -0.3 is 65.1 Å². The SMILES string of the molecule is CC/C=C\C/C=C\C/C=C\C/C=C\C/C=C\CCCCCCCCCCCCCCCCCCCCCCCC(=O)NC(COC1OC(CO)C(OC2OC(CO)C(O)C(O)C2O)C(O)C1O)C(O)CCCCCCCCCCCCCCCC. The number of hydrogen-bond donors (Lipinski definition) is 9. The Bertz CT molecular complexity index is 1660. The topological polar surface area (TPSA) is 228 Å². The number of aliphatic hydroxyl groups is 8. The molecule has 2 saturated heterocycles. The molecule has 0 aliphatic carbocycles. The molecule has 0 aromatic rings. The van der Waals surface area contributed by atoms with Gasteiger partial charge in [-0.3, -0.25) is 4.79 Å². The van der Waals surface area contributed by atoms with Crippen molar-refractivity contribution in [3.05, 3.63) is 60.8 Å². The van der Waals surface area contributed by atoms with E-state index >= 15 is 0 Å². The van der Waals surface area contributed by atoms with Crippen LogP contribution in [0.3, 0.4) is 0 Å². The summed E-state index contributed by atoms with van der Waals surface area (Å²) in [6.45, 7) is 2.77. The van der Waals surface area contributed by atoms with E-state index in [-0.39, 0.29) is 12.5 Å². The van der Waals surface area contributed by atoms with E-state index in [0.29, 0.717) is 12.8 Å². The van der Waals surface area contributed by atoms with Crippen LogP contribution in [0.15, 0.2) is 60.8 Å². The smallest absolute Gasteiger partial charge is 0.220 e. The fourth-order valence-corrected chi connectivity index (χ4v) is 11.4. The lowest BCUT2D eigenvalue weighted by atomic mass is 9.97. The second-order valence-electron chi connectivity index (χ2n) is 24.6. The monoisotopic (exact) mass is 1200 g/mol. The van der Waals surface area contributed by atoms with E-state index in [0.717, 1.165) is 83.5 Å². The summed E-state index contributed by atoms with van der Waals surface area (Å²) in [5.41, 5.74) is 0. The van der Waals surface area contributed by atoms with E-state index in [1.165, 1.54) is 180 Å². The summed E-state index contributed by atoms with van der Waals surface area (Å²) in [5.74, 6) is -0.203. The van der Waals surface area contributed by atoms with Crippen molar-refractivity contribution >= 4 is 5.91 Å². The molecular formula is C71H129NO13. The molecule has 1 amide bonds. The number of unbranched alkanes of at least 4 members (excludes halogenated alkanes) is 34. The van der Waals surface area contributed by atoms with Gasteiger partial charge in [-0.2, -0.15) is 0 Å². The molecule has 2 aliphatic heterocycles. The third-order valence-corrected chi connectivity index (χ3v) is 17.0. The van der Waals surface area contributed by atoms with Crippen molar-refractivity contribution in [3.63, 3.8) is 0 Å². The molecule has 2 heterocycles. The number of ether oxygens (including phenoxy) is 4. The molecule has 14 heteroatoms. The van der Waals surface area contributed by atoms with Gasteiger partial charge in [0.2, 0.25) is 5.91 Å². The first kappa shape index (κ1) is 78.8.